The zero-order chi connectivity index (χ0) is 19.3. The molecule has 8 heteroatoms. The maximum Gasteiger partial charge on any atom is 0.255 e. The highest BCUT2D eigenvalue weighted by atomic mass is 127. The number of hydrogen-bond acceptors (Lipinski definition) is 3. The number of benzene rings is 2. The van der Waals surface area contributed by atoms with Crippen molar-refractivity contribution < 1.29 is 23.1 Å². The molecule has 2 aromatic carbocycles. The molecule has 0 aliphatic rings. The van der Waals surface area contributed by atoms with Crippen molar-refractivity contribution in [1.29, 1.82) is 0 Å². The number of carbonyl (C=O) groups excluding carboxylic acids is 1. The first-order chi connectivity index (χ1) is 12.3. The Hall–Kier alpha value is -1.26. The first kappa shape index (κ1) is 21.0. The lowest BCUT2D eigenvalue weighted by Gasteiger charge is -2.10. The third kappa shape index (κ3) is 5.88. The normalized spacial score (nSPS) is 12.1. The molecule has 140 valence electrons. The predicted molar refractivity (Wildman–Crippen MR) is 105 cm³/mol. The number of aliphatic hydroxyl groups excluding tert-OH is 1. The molecule has 0 fully saturated rings. The minimum absolute atomic E-state index is 0.156. The first-order valence-corrected chi connectivity index (χ1v) is 9.90. The number of aliphatic hydroxyl groups is 1. The molecule has 0 saturated carbocycles. The third-order valence-electron chi connectivity index (χ3n) is 3.46. The van der Waals surface area contributed by atoms with Crippen molar-refractivity contribution in [3.8, 4) is 0 Å². The van der Waals surface area contributed by atoms with E-state index in [2.05, 4.69) is 27.9 Å². The van der Waals surface area contributed by atoms with Gasteiger partial charge >= 0.3 is 0 Å². The van der Waals surface area contributed by atoms with E-state index in [1.54, 1.807) is 36.9 Å². The van der Waals surface area contributed by atoms with Crippen LogP contribution in [0, 0.1) is 21.0 Å². The first-order valence-electron chi connectivity index (χ1n) is 7.84. The highest BCUT2D eigenvalue weighted by Crippen LogP contribution is 2.27. The Bertz CT molecular complexity index is 779. The summed E-state index contributed by atoms with van der Waals surface area (Å²) < 4.78 is 40.5. The van der Waals surface area contributed by atoms with Gasteiger partial charge in [0.15, 0.2) is 17.5 Å². The standard InChI is InChI=1S/C18H17F3INO2S/c1-10(24)3-2-6-26-16-7-11(4-5-15(16)22)18(25)23-12-8-13(19)17(21)14(20)9-12/h4-5,7-10,24H,2-3,6H2,1H3,(H,23,25). The highest BCUT2D eigenvalue weighted by Gasteiger charge is 2.14. The van der Waals surface area contributed by atoms with Crippen LogP contribution in [-0.4, -0.2) is 22.9 Å². The van der Waals surface area contributed by atoms with E-state index in [4.69, 9.17) is 0 Å². The average Bonchev–Trinajstić information content (AvgIpc) is 2.57. The minimum atomic E-state index is -1.58. The summed E-state index contributed by atoms with van der Waals surface area (Å²) in [6.45, 7) is 1.74. The fraction of sp³-hybridized carbons (Fsp3) is 0.278. The fourth-order valence-corrected chi connectivity index (χ4v) is 3.90. The maximum atomic E-state index is 13.3. The van der Waals surface area contributed by atoms with E-state index in [0.29, 0.717) is 12.0 Å². The molecule has 0 aliphatic heterocycles. The van der Waals surface area contributed by atoms with Crippen LogP contribution in [0.5, 0.6) is 0 Å². The predicted octanol–water partition coefficient (Wildman–Crippen LogP) is 5.21. The second-order valence-electron chi connectivity index (χ2n) is 5.69. The maximum absolute atomic E-state index is 13.3. The summed E-state index contributed by atoms with van der Waals surface area (Å²) in [5.74, 6) is -4.05. The van der Waals surface area contributed by atoms with Crippen LogP contribution in [0.25, 0.3) is 0 Å². The van der Waals surface area contributed by atoms with E-state index in [1.165, 1.54) is 0 Å². The van der Waals surface area contributed by atoms with Crippen molar-refractivity contribution in [2.75, 3.05) is 11.1 Å². The van der Waals surface area contributed by atoms with Crippen LogP contribution in [-0.2, 0) is 0 Å². The van der Waals surface area contributed by atoms with E-state index >= 15 is 0 Å². The van der Waals surface area contributed by atoms with Crippen molar-refractivity contribution >= 4 is 45.9 Å². The summed E-state index contributed by atoms with van der Waals surface area (Å²) in [6.07, 6.45) is 1.19. The van der Waals surface area contributed by atoms with Crippen LogP contribution in [0.1, 0.15) is 30.1 Å². The van der Waals surface area contributed by atoms with Gasteiger partial charge in [-0.25, -0.2) is 13.2 Å². The second kappa shape index (κ2) is 9.61. The largest absolute Gasteiger partial charge is 0.393 e. The van der Waals surface area contributed by atoms with Gasteiger partial charge in [0.1, 0.15) is 0 Å². The molecule has 2 aromatic rings. The number of rotatable bonds is 7. The molecule has 0 aliphatic carbocycles. The van der Waals surface area contributed by atoms with Gasteiger partial charge in [-0.15, -0.1) is 11.8 Å². The SMILES string of the molecule is CC(O)CCCSc1cc(C(=O)Nc2cc(F)c(F)c(F)c2)ccc1I. The Labute approximate surface area is 167 Å². The van der Waals surface area contributed by atoms with Crippen molar-refractivity contribution in [2.45, 2.75) is 30.8 Å². The summed E-state index contributed by atoms with van der Waals surface area (Å²) in [5.41, 5.74) is 0.171. The molecule has 0 saturated heterocycles. The Morgan fingerprint density at radius 3 is 2.50 bits per heavy atom. The van der Waals surface area contributed by atoms with Gasteiger partial charge in [-0.2, -0.15) is 0 Å². The molecule has 0 aromatic heterocycles. The molecule has 2 rings (SSSR count). The van der Waals surface area contributed by atoms with E-state index in [9.17, 15) is 23.1 Å². The molecule has 1 amide bonds. The number of anilines is 1. The summed E-state index contributed by atoms with van der Waals surface area (Å²) >= 11 is 3.72. The van der Waals surface area contributed by atoms with Crippen LogP contribution < -0.4 is 5.32 Å². The zero-order valence-corrected chi connectivity index (χ0v) is 16.8. The lowest BCUT2D eigenvalue weighted by Crippen LogP contribution is -2.13. The van der Waals surface area contributed by atoms with E-state index in [1.807, 2.05) is 0 Å². The molecular formula is C18H17F3INO2S. The molecule has 1 atom stereocenters. The Morgan fingerprint density at radius 2 is 1.88 bits per heavy atom. The molecule has 0 bridgehead atoms. The summed E-state index contributed by atoms with van der Waals surface area (Å²) in [5, 5.41) is 11.6. The van der Waals surface area contributed by atoms with Crippen LogP contribution in [0.15, 0.2) is 35.2 Å². The number of carbonyl (C=O) groups is 1. The van der Waals surface area contributed by atoms with E-state index < -0.39 is 23.4 Å². The topological polar surface area (TPSA) is 49.3 Å². The van der Waals surface area contributed by atoms with Crippen molar-refractivity contribution in [3.05, 3.63) is 56.9 Å². The van der Waals surface area contributed by atoms with Crippen molar-refractivity contribution in [3.63, 3.8) is 0 Å². The Kier molecular flexibility index (Phi) is 7.78. The van der Waals surface area contributed by atoms with Gasteiger partial charge in [0, 0.05) is 31.8 Å². The monoisotopic (exact) mass is 495 g/mol. The second-order valence-corrected chi connectivity index (χ2v) is 7.99. The van der Waals surface area contributed by atoms with Gasteiger partial charge in [0.25, 0.3) is 5.91 Å². The minimum Gasteiger partial charge on any atom is -0.393 e. The molecule has 1 unspecified atom stereocenters. The van der Waals surface area contributed by atoms with Crippen molar-refractivity contribution in [2.24, 2.45) is 0 Å². The molecule has 2 N–H and O–H groups in total. The van der Waals surface area contributed by atoms with E-state index in [-0.39, 0.29) is 11.8 Å². The van der Waals surface area contributed by atoms with Gasteiger partial charge in [-0.05, 0) is 66.3 Å². The van der Waals surface area contributed by atoms with Gasteiger partial charge in [0.05, 0.1) is 6.10 Å². The van der Waals surface area contributed by atoms with Gasteiger partial charge in [0.2, 0.25) is 0 Å². The lowest BCUT2D eigenvalue weighted by molar-refractivity contribution is 0.102. The molecule has 26 heavy (non-hydrogen) atoms. The number of hydrogen-bond donors (Lipinski definition) is 2. The van der Waals surface area contributed by atoms with E-state index in [0.717, 1.165) is 32.8 Å². The molecule has 0 radical (unpaired) electrons. The van der Waals surface area contributed by atoms with Gasteiger partial charge < -0.3 is 10.4 Å². The summed E-state index contributed by atoms with van der Waals surface area (Å²) in [4.78, 5) is 13.2. The van der Waals surface area contributed by atoms with Crippen molar-refractivity contribution in [1.82, 2.24) is 0 Å². The third-order valence-corrected chi connectivity index (χ3v) is 5.91. The molecule has 0 heterocycles. The number of halogens is 4. The highest BCUT2D eigenvalue weighted by molar-refractivity contribution is 14.1. The van der Waals surface area contributed by atoms with Crippen LogP contribution in [0.2, 0.25) is 0 Å². The lowest BCUT2D eigenvalue weighted by atomic mass is 10.2. The number of thioether (sulfide) groups is 1. The molecule has 0 spiro atoms. The summed E-state index contributed by atoms with van der Waals surface area (Å²) in [6, 6.07) is 6.54. The molecular weight excluding hydrogens is 478 g/mol. The van der Waals surface area contributed by atoms with Gasteiger partial charge in [-0.1, -0.05) is 0 Å². The zero-order valence-electron chi connectivity index (χ0n) is 13.9. The van der Waals surface area contributed by atoms with Crippen LogP contribution in [0.4, 0.5) is 18.9 Å². The fourth-order valence-electron chi connectivity index (χ4n) is 2.15. The summed E-state index contributed by atoms with van der Waals surface area (Å²) in [7, 11) is 0. The van der Waals surface area contributed by atoms with Gasteiger partial charge in [-0.3, -0.25) is 4.79 Å². The Balaban J connectivity index is 2.08. The Morgan fingerprint density at radius 1 is 1.23 bits per heavy atom. The van der Waals surface area contributed by atoms with Crippen LogP contribution >= 0.6 is 34.4 Å². The quantitative estimate of drug-likeness (QED) is 0.240. The smallest absolute Gasteiger partial charge is 0.255 e. The number of amides is 1. The number of nitrogens with one attached hydrogen (secondary N) is 1. The average molecular weight is 495 g/mol. The van der Waals surface area contributed by atoms with Crippen LogP contribution in [0.3, 0.4) is 0 Å². The molecule has 3 nitrogen and oxygen atoms in total.